The van der Waals surface area contributed by atoms with Crippen molar-refractivity contribution in [1.29, 1.82) is 0 Å². The first-order valence-corrected chi connectivity index (χ1v) is 12.2. The number of rotatable bonds is 5. The zero-order valence-corrected chi connectivity index (χ0v) is 20.3. The first kappa shape index (κ1) is 22.9. The minimum absolute atomic E-state index is 0.0178. The van der Waals surface area contributed by atoms with Crippen molar-refractivity contribution in [2.75, 3.05) is 18.1 Å². The van der Waals surface area contributed by atoms with E-state index in [4.69, 9.17) is 4.74 Å². The number of hydrogen-bond donors (Lipinski definition) is 2. The Morgan fingerprint density at radius 1 is 1.16 bits per heavy atom. The van der Waals surface area contributed by atoms with E-state index in [2.05, 4.69) is 20.3 Å². The molecule has 0 saturated carbocycles. The van der Waals surface area contributed by atoms with E-state index in [1.54, 1.807) is 11.1 Å². The number of carbonyl (C=O) groups is 3. The number of benzene rings is 2. The molecule has 6 rings (SSSR count). The first-order valence-electron chi connectivity index (χ1n) is 12.2. The Balaban J connectivity index is 1.20. The molecule has 1 atom stereocenters. The van der Waals surface area contributed by atoms with Crippen LogP contribution in [0.25, 0.3) is 11.0 Å². The molecular weight excluding hydrogens is 470 g/mol. The molecule has 2 amide bonds. The van der Waals surface area contributed by atoms with Crippen LogP contribution in [0.4, 0.5) is 5.69 Å². The number of H-pyrrole nitrogens is 1. The summed E-state index contributed by atoms with van der Waals surface area (Å²) in [5.41, 5.74) is 5.69. The molecule has 2 aromatic carbocycles. The molecule has 0 aliphatic carbocycles. The van der Waals surface area contributed by atoms with Gasteiger partial charge in [-0.25, -0.2) is 9.97 Å². The highest BCUT2D eigenvalue weighted by Crippen LogP contribution is 2.35. The van der Waals surface area contributed by atoms with E-state index in [-0.39, 0.29) is 42.4 Å². The summed E-state index contributed by atoms with van der Waals surface area (Å²) in [5, 5.41) is 2.89. The number of carbonyl (C=O) groups excluding carboxylic acids is 3. The van der Waals surface area contributed by atoms with Crippen molar-refractivity contribution < 1.29 is 19.1 Å². The number of aromatic amines is 1. The third-order valence-electron chi connectivity index (χ3n) is 6.99. The maximum absolute atomic E-state index is 13.3. The molecule has 1 unspecified atom stereocenters. The van der Waals surface area contributed by atoms with E-state index >= 15 is 0 Å². The predicted octanol–water partition coefficient (Wildman–Crippen LogP) is 3.22. The molecule has 0 spiro atoms. The van der Waals surface area contributed by atoms with Gasteiger partial charge in [-0.15, -0.1) is 0 Å². The van der Waals surface area contributed by atoms with E-state index in [0.29, 0.717) is 41.9 Å². The third-order valence-corrected chi connectivity index (χ3v) is 6.99. The van der Waals surface area contributed by atoms with Crippen LogP contribution in [0.1, 0.15) is 45.1 Å². The van der Waals surface area contributed by atoms with Crippen molar-refractivity contribution in [3.8, 4) is 5.75 Å². The molecule has 4 heterocycles. The lowest BCUT2D eigenvalue weighted by atomic mass is 9.97. The predicted molar refractivity (Wildman–Crippen MR) is 137 cm³/mol. The highest BCUT2D eigenvalue weighted by Gasteiger charge is 2.35. The molecule has 186 valence electrons. The van der Waals surface area contributed by atoms with Gasteiger partial charge in [0.15, 0.2) is 11.5 Å². The van der Waals surface area contributed by atoms with E-state index in [1.165, 1.54) is 6.33 Å². The van der Waals surface area contributed by atoms with Gasteiger partial charge in [-0.2, -0.15) is 0 Å². The molecule has 2 N–H and O–H groups in total. The summed E-state index contributed by atoms with van der Waals surface area (Å²) in [6.07, 6.45) is 4.10. The van der Waals surface area contributed by atoms with Gasteiger partial charge in [0.1, 0.15) is 24.2 Å². The largest absolute Gasteiger partial charge is 0.486 e. The summed E-state index contributed by atoms with van der Waals surface area (Å²) in [5.74, 6) is 0.182. The van der Waals surface area contributed by atoms with Crippen LogP contribution in [0.5, 0.6) is 5.75 Å². The second-order valence-corrected chi connectivity index (χ2v) is 9.49. The standard InChI is InChI=1S/C28H25N5O4/c1-16-2-5-18(6-3-16)21-8-9-33(28(21)36)22-13-29-25-24(22)31-15-32-26(25)27(35)30-12-17-4-7-23-19(10-17)11-20(34)14-37-23/h2-7,10,13,15,21,29H,8-9,11-12,14H2,1H3,(H,30,35). The van der Waals surface area contributed by atoms with Crippen LogP contribution < -0.4 is 15.0 Å². The Labute approximate surface area is 212 Å². The fraction of sp³-hybridized carbons (Fsp3) is 0.250. The fourth-order valence-corrected chi connectivity index (χ4v) is 5.04. The SMILES string of the molecule is Cc1ccc(C2CCN(c3c[nH]c4c(C(=O)NCc5ccc6c(c5)CC(=O)CO6)ncnc34)C2=O)cc1. The molecule has 1 saturated heterocycles. The number of aryl methyl sites for hydroxylation is 1. The summed E-state index contributed by atoms with van der Waals surface area (Å²) in [7, 11) is 0. The average molecular weight is 496 g/mol. The Morgan fingerprint density at radius 3 is 2.84 bits per heavy atom. The number of hydrogen-bond acceptors (Lipinski definition) is 6. The van der Waals surface area contributed by atoms with Gasteiger partial charge in [-0.1, -0.05) is 35.9 Å². The molecule has 9 nitrogen and oxygen atoms in total. The zero-order chi connectivity index (χ0) is 25.5. The highest BCUT2D eigenvalue weighted by molar-refractivity contribution is 6.10. The van der Waals surface area contributed by atoms with Gasteiger partial charge < -0.3 is 19.9 Å². The zero-order valence-electron chi connectivity index (χ0n) is 20.3. The molecule has 0 bridgehead atoms. The van der Waals surface area contributed by atoms with Gasteiger partial charge in [0.05, 0.1) is 17.1 Å². The van der Waals surface area contributed by atoms with Gasteiger partial charge in [-0.05, 0) is 36.6 Å². The molecule has 2 aromatic heterocycles. The highest BCUT2D eigenvalue weighted by atomic mass is 16.5. The molecule has 9 heteroatoms. The Bertz CT molecular complexity index is 1540. The minimum atomic E-state index is -0.365. The lowest BCUT2D eigenvalue weighted by Gasteiger charge is -2.17. The first-order chi connectivity index (χ1) is 18.0. The van der Waals surface area contributed by atoms with Crippen LogP contribution in [0.3, 0.4) is 0 Å². The van der Waals surface area contributed by atoms with Crippen molar-refractivity contribution in [3.63, 3.8) is 0 Å². The molecular formula is C28H25N5O4. The summed E-state index contributed by atoms with van der Waals surface area (Å²) in [6, 6.07) is 13.6. The van der Waals surface area contributed by atoms with Crippen LogP contribution in [-0.2, 0) is 22.6 Å². The maximum Gasteiger partial charge on any atom is 0.272 e. The van der Waals surface area contributed by atoms with Crippen LogP contribution in [0, 0.1) is 6.92 Å². The van der Waals surface area contributed by atoms with E-state index in [0.717, 1.165) is 22.3 Å². The van der Waals surface area contributed by atoms with Crippen molar-refractivity contribution in [2.45, 2.75) is 32.2 Å². The van der Waals surface area contributed by atoms with Gasteiger partial charge in [0.25, 0.3) is 5.91 Å². The van der Waals surface area contributed by atoms with Gasteiger partial charge >= 0.3 is 0 Å². The van der Waals surface area contributed by atoms with Crippen molar-refractivity contribution >= 4 is 34.3 Å². The third kappa shape index (κ3) is 4.22. The molecule has 2 aliphatic rings. The van der Waals surface area contributed by atoms with Gasteiger partial charge in [0, 0.05) is 31.3 Å². The molecule has 0 radical (unpaired) electrons. The second kappa shape index (κ2) is 9.16. The number of nitrogens with zero attached hydrogens (tertiary/aromatic N) is 3. The molecule has 1 fully saturated rings. The van der Waals surface area contributed by atoms with E-state index in [9.17, 15) is 14.4 Å². The van der Waals surface area contributed by atoms with Crippen molar-refractivity contribution in [3.05, 3.63) is 82.9 Å². The fourth-order valence-electron chi connectivity index (χ4n) is 5.04. The number of ketones is 1. The van der Waals surface area contributed by atoms with Crippen LogP contribution in [0.2, 0.25) is 0 Å². The summed E-state index contributed by atoms with van der Waals surface area (Å²) < 4.78 is 5.44. The van der Waals surface area contributed by atoms with Gasteiger partial charge in [-0.3, -0.25) is 14.4 Å². The van der Waals surface area contributed by atoms with Crippen molar-refractivity contribution in [2.24, 2.45) is 0 Å². The number of ether oxygens (including phenoxy) is 1. The number of nitrogens with one attached hydrogen (secondary N) is 2. The monoisotopic (exact) mass is 495 g/mol. The topological polar surface area (TPSA) is 117 Å². The lowest BCUT2D eigenvalue weighted by molar-refractivity contribution is -0.121. The van der Waals surface area contributed by atoms with Gasteiger partial charge in [0.2, 0.25) is 5.91 Å². The normalized spacial score (nSPS) is 17.1. The number of amides is 2. The number of aromatic nitrogens is 3. The smallest absolute Gasteiger partial charge is 0.272 e. The molecule has 2 aliphatic heterocycles. The van der Waals surface area contributed by atoms with E-state index in [1.807, 2.05) is 49.4 Å². The molecule has 4 aromatic rings. The van der Waals surface area contributed by atoms with Crippen LogP contribution >= 0.6 is 0 Å². The van der Waals surface area contributed by atoms with Crippen molar-refractivity contribution in [1.82, 2.24) is 20.3 Å². The van der Waals surface area contributed by atoms with Crippen LogP contribution in [0.15, 0.2) is 55.0 Å². The summed E-state index contributed by atoms with van der Waals surface area (Å²) >= 11 is 0. The summed E-state index contributed by atoms with van der Waals surface area (Å²) in [6.45, 7) is 2.96. The number of fused-ring (bicyclic) bond motifs is 2. The lowest BCUT2D eigenvalue weighted by Crippen LogP contribution is -2.26. The van der Waals surface area contributed by atoms with Crippen LogP contribution in [-0.4, -0.2) is 45.7 Å². The summed E-state index contributed by atoms with van der Waals surface area (Å²) in [4.78, 5) is 51.5. The average Bonchev–Trinajstić information content (AvgIpc) is 3.50. The quantitative estimate of drug-likeness (QED) is 0.439. The number of Topliss-reactive ketones (excluding diaryl/α,β-unsaturated/α-hetero) is 1. The minimum Gasteiger partial charge on any atom is -0.486 e. The Hall–Kier alpha value is -4.53. The maximum atomic E-state index is 13.3. The number of anilines is 1. The van der Waals surface area contributed by atoms with E-state index < -0.39 is 0 Å². The second-order valence-electron chi connectivity index (χ2n) is 9.49. The Kier molecular flexibility index (Phi) is 5.67. The molecule has 37 heavy (non-hydrogen) atoms. The Morgan fingerprint density at radius 2 is 2.00 bits per heavy atom.